The van der Waals surface area contributed by atoms with Gasteiger partial charge in [-0.25, -0.2) is 4.79 Å². The van der Waals surface area contributed by atoms with Gasteiger partial charge in [0.05, 0.1) is 11.1 Å². The Bertz CT molecular complexity index is 1130. The van der Waals surface area contributed by atoms with Crippen LogP contribution in [0, 0.1) is 0 Å². The van der Waals surface area contributed by atoms with Crippen molar-refractivity contribution < 1.29 is 9.90 Å². The minimum Gasteiger partial charge on any atom is -0.477 e. The Hall–Kier alpha value is -2.82. The predicted molar refractivity (Wildman–Crippen MR) is 101 cm³/mol. The number of aromatic carboxylic acids is 1. The van der Waals surface area contributed by atoms with E-state index >= 15 is 0 Å². The molecular formula is C22H20N2O3. The van der Waals surface area contributed by atoms with Gasteiger partial charge in [0.1, 0.15) is 5.56 Å². The quantitative estimate of drug-likeness (QED) is 0.894. The van der Waals surface area contributed by atoms with E-state index < -0.39 is 11.5 Å². The van der Waals surface area contributed by atoms with Crippen LogP contribution in [0.1, 0.15) is 59.3 Å². The van der Waals surface area contributed by atoms with Crippen LogP contribution in [0.15, 0.2) is 46.9 Å². The van der Waals surface area contributed by atoms with Crippen LogP contribution in [0.3, 0.4) is 0 Å². The first-order valence-electron chi connectivity index (χ1n) is 9.68. The second-order valence-electron chi connectivity index (χ2n) is 8.15. The first-order chi connectivity index (χ1) is 13.1. The highest BCUT2D eigenvalue weighted by Gasteiger charge is 2.60. The molecule has 1 spiro atoms. The Morgan fingerprint density at radius 1 is 1.33 bits per heavy atom. The van der Waals surface area contributed by atoms with Gasteiger partial charge >= 0.3 is 5.97 Å². The zero-order valence-corrected chi connectivity index (χ0v) is 15.1. The molecule has 0 unspecified atom stereocenters. The van der Waals surface area contributed by atoms with Crippen LogP contribution in [0.2, 0.25) is 0 Å². The first kappa shape index (κ1) is 15.3. The van der Waals surface area contributed by atoms with Crippen LogP contribution < -0.4 is 5.56 Å². The summed E-state index contributed by atoms with van der Waals surface area (Å²) in [6.45, 7) is 3.13. The second-order valence-corrected chi connectivity index (χ2v) is 8.15. The van der Waals surface area contributed by atoms with Crippen LogP contribution in [0.4, 0.5) is 0 Å². The minimum atomic E-state index is -1.14. The molecule has 27 heavy (non-hydrogen) atoms. The van der Waals surface area contributed by atoms with Gasteiger partial charge in [0.2, 0.25) is 0 Å². The molecule has 1 aromatic heterocycles. The largest absolute Gasteiger partial charge is 0.477 e. The molecule has 4 heterocycles. The molecule has 1 saturated heterocycles. The Kier molecular flexibility index (Phi) is 2.66. The molecule has 4 aliphatic rings. The molecule has 6 rings (SSSR count). The lowest BCUT2D eigenvalue weighted by Gasteiger charge is -2.47. The monoisotopic (exact) mass is 360 g/mol. The molecule has 5 heteroatoms. The molecule has 0 saturated carbocycles. The van der Waals surface area contributed by atoms with Crippen molar-refractivity contribution in [3.63, 3.8) is 0 Å². The average Bonchev–Trinajstić information content (AvgIpc) is 3.21. The van der Waals surface area contributed by atoms with E-state index in [2.05, 4.69) is 24.1 Å². The highest BCUT2D eigenvalue weighted by molar-refractivity contribution is 5.88. The van der Waals surface area contributed by atoms with Crippen LogP contribution in [0.25, 0.3) is 5.69 Å². The first-order valence-corrected chi connectivity index (χ1v) is 9.68. The van der Waals surface area contributed by atoms with E-state index in [0.717, 1.165) is 42.8 Å². The molecule has 2 aromatic rings. The van der Waals surface area contributed by atoms with Gasteiger partial charge in [-0.3, -0.25) is 9.36 Å². The van der Waals surface area contributed by atoms with Crippen molar-refractivity contribution in [1.29, 1.82) is 0 Å². The molecular weight excluding hydrogens is 340 g/mol. The van der Waals surface area contributed by atoms with Gasteiger partial charge in [-0.05, 0) is 54.3 Å². The van der Waals surface area contributed by atoms with Crippen molar-refractivity contribution in [2.45, 2.75) is 43.6 Å². The lowest BCUT2D eigenvalue weighted by Crippen LogP contribution is -2.49. The number of hydrogen-bond donors (Lipinski definition) is 1. The van der Waals surface area contributed by atoms with Crippen LogP contribution >= 0.6 is 0 Å². The number of carboxylic acid groups (broad SMARTS) is 1. The predicted octanol–water partition coefficient (Wildman–Crippen LogP) is 3.00. The molecule has 0 amide bonds. The van der Waals surface area contributed by atoms with Gasteiger partial charge in [0.15, 0.2) is 0 Å². The number of allylic oxidation sites excluding steroid dienone is 1. The number of fused-ring (bicyclic) bond motifs is 4. The van der Waals surface area contributed by atoms with Crippen molar-refractivity contribution in [2.75, 3.05) is 6.54 Å². The van der Waals surface area contributed by atoms with Crippen LogP contribution in [-0.4, -0.2) is 33.1 Å². The summed E-state index contributed by atoms with van der Waals surface area (Å²) in [6, 6.07) is 10.1. The molecule has 0 radical (unpaired) electrons. The van der Waals surface area contributed by atoms with Crippen LogP contribution in [-0.2, 0) is 5.41 Å². The summed E-state index contributed by atoms with van der Waals surface area (Å²) in [5.74, 6) is -0.935. The summed E-state index contributed by atoms with van der Waals surface area (Å²) >= 11 is 0. The molecule has 136 valence electrons. The molecule has 1 fully saturated rings. The maximum Gasteiger partial charge on any atom is 0.341 e. The van der Waals surface area contributed by atoms with Crippen molar-refractivity contribution in [3.8, 4) is 5.69 Å². The Morgan fingerprint density at radius 3 is 2.93 bits per heavy atom. The minimum absolute atomic E-state index is 0.116. The molecule has 1 aliphatic carbocycles. The third-order valence-corrected chi connectivity index (χ3v) is 7.26. The Morgan fingerprint density at radius 2 is 2.15 bits per heavy atom. The number of pyridine rings is 1. The number of para-hydroxylation sites is 1. The van der Waals surface area contributed by atoms with Gasteiger partial charge in [-0.1, -0.05) is 25.1 Å². The lowest BCUT2D eigenvalue weighted by atomic mass is 9.61. The van der Waals surface area contributed by atoms with E-state index in [1.807, 2.05) is 18.2 Å². The van der Waals surface area contributed by atoms with Gasteiger partial charge in [0.25, 0.3) is 5.56 Å². The summed E-state index contributed by atoms with van der Waals surface area (Å²) in [5.41, 5.74) is 4.79. The lowest BCUT2D eigenvalue weighted by molar-refractivity contribution is 0.0694. The van der Waals surface area contributed by atoms with E-state index in [4.69, 9.17) is 0 Å². The molecule has 1 aromatic carbocycles. The molecule has 3 atom stereocenters. The van der Waals surface area contributed by atoms with E-state index in [-0.39, 0.29) is 16.9 Å². The van der Waals surface area contributed by atoms with Crippen molar-refractivity contribution in [3.05, 3.63) is 74.8 Å². The number of rotatable bonds is 2. The van der Waals surface area contributed by atoms with Crippen LogP contribution in [0.5, 0.6) is 0 Å². The SMILES string of the molecule is CCC1=CN2CC[C@]34c5ccccc5-n5c3c(cc(C(=O)O)c5=O)[C@@H]1C[C@H]24. The normalized spacial score (nSPS) is 28.6. The fourth-order valence-corrected chi connectivity index (χ4v) is 6.25. The topological polar surface area (TPSA) is 62.5 Å². The Balaban J connectivity index is 1.81. The average molecular weight is 360 g/mol. The van der Waals surface area contributed by atoms with Gasteiger partial charge in [-0.2, -0.15) is 0 Å². The summed E-state index contributed by atoms with van der Waals surface area (Å²) in [4.78, 5) is 27.5. The Labute approximate surface area is 156 Å². The summed E-state index contributed by atoms with van der Waals surface area (Å²) in [7, 11) is 0. The third kappa shape index (κ3) is 1.54. The molecule has 2 bridgehead atoms. The zero-order chi connectivity index (χ0) is 18.5. The number of aromatic nitrogens is 1. The van der Waals surface area contributed by atoms with E-state index in [0.29, 0.717) is 6.04 Å². The summed E-state index contributed by atoms with van der Waals surface area (Å²) in [6.07, 6.45) is 5.22. The van der Waals surface area contributed by atoms with E-state index in [9.17, 15) is 14.7 Å². The highest BCUT2D eigenvalue weighted by Crippen LogP contribution is 2.61. The number of nitrogens with zero attached hydrogens (tertiary/aromatic N) is 2. The maximum absolute atomic E-state index is 13.2. The molecule has 1 N–H and O–H groups in total. The van der Waals surface area contributed by atoms with Gasteiger partial charge < -0.3 is 10.0 Å². The van der Waals surface area contributed by atoms with Gasteiger partial charge in [-0.15, -0.1) is 0 Å². The zero-order valence-electron chi connectivity index (χ0n) is 15.1. The van der Waals surface area contributed by atoms with Crippen molar-refractivity contribution in [2.24, 2.45) is 0 Å². The standard InChI is InChI=1S/C22H20N2O3/c1-2-12-11-23-8-7-22-16-5-3-4-6-17(16)24-19(22)14(13(12)10-18(22)23)9-15(20(24)25)21(26)27/h3-6,9,11,13,18H,2,7-8,10H2,1H3,(H,26,27)/t13-,18+,22-/m1/s1. The number of carbonyl (C=O) groups is 1. The third-order valence-electron chi connectivity index (χ3n) is 7.26. The summed E-state index contributed by atoms with van der Waals surface area (Å²) in [5, 5.41) is 9.69. The smallest absolute Gasteiger partial charge is 0.341 e. The maximum atomic E-state index is 13.2. The molecule has 3 aliphatic heterocycles. The highest BCUT2D eigenvalue weighted by atomic mass is 16.4. The molecule has 5 nitrogen and oxygen atoms in total. The van der Waals surface area contributed by atoms with E-state index in [1.54, 1.807) is 10.6 Å². The van der Waals surface area contributed by atoms with Crippen molar-refractivity contribution >= 4 is 5.97 Å². The van der Waals surface area contributed by atoms with Gasteiger partial charge in [0, 0.05) is 24.2 Å². The van der Waals surface area contributed by atoms with E-state index in [1.165, 1.54) is 11.1 Å². The van der Waals surface area contributed by atoms with Crippen molar-refractivity contribution in [1.82, 2.24) is 9.47 Å². The second kappa shape index (κ2) is 4.71. The fourth-order valence-electron chi connectivity index (χ4n) is 6.25. The summed E-state index contributed by atoms with van der Waals surface area (Å²) < 4.78 is 1.73. The number of carboxylic acids is 1. The number of hydrogen-bond acceptors (Lipinski definition) is 3. The fraction of sp³-hybridized carbons (Fsp3) is 0.364. The number of benzene rings is 1.